The third-order valence-electron chi connectivity index (χ3n) is 3.12. The van der Waals surface area contributed by atoms with Gasteiger partial charge in [-0.25, -0.2) is 13.4 Å². The number of thiazole rings is 1. The van der Waals surface area contributed by atoms with Crippen LogP contribution in [0.5, 0.6) is 0 Å². The van der Waals surface area contributed by atoms with Crippen LogP contribution in [0.3, 0.4) is 0 Å². The van der Waals surface area contributed by atoms with Gasteiger partial charge in [0.2, 0.25) is 10.0 Å². The van der Waals surface area contributed by atoms with Crippen LogP contribution in [0.4, 0.5) is 0 Å². The molecule has 0 radical (unpaired) electrons. The van der Waals surface area contributed by atoms with Crippen LogP contribution in [0.25, 0.3) is 0 Å². The summed E-state index contributed by atoms with van der Waals surface area (Å²) in [5, 5.41) is 2.58. The molecule has 0 bridgehead atoms. The first-order valence-corrected chi connectivity index (χ1v) is 9.03. The van der Waals surface area contributed by atoms with Crippen molar-refractivity contribution < 1.29 is 13.2 Å². The Kier molecular flexibility index (Phi) is 4.74. The van der Waals surface area contributed by atoms with Crippen LogP contribution < -0.4 is 5.73 Å². The maximum atomic E-state index is 12.2. The van der Waals surface area contributed by atoms with E-state index in [4.69, 9.17) is 5.73 Å². The van der Waals surface area contributed by atoms with Crippen LogP contribution in [0.2, 0.25) is 0 Å². The minimum Gasteiger partial charge on any atom is -0.335 e. The molecule has 9 heteroatoms. The van der Waals surface area contributed by atoms with Crippen molar-refractivity contribution in [1.82, 2.24) is 14.2 Å². The first-order chi connectivity index (χ1) is 9.41. The Balaban J connectivity index is 1.97. The van der Waals surface area contributed by atoms with Crippen molar-refractivity contribution in [3.8, 4) is 0 Å². The van der Waals surface area contributed by atoms with Gasteiger partial charge < -0.3 is 10.6 Å². The summed E-state index contributed by atoms with van der Waals surface area (Å²) < 4.78 is 24.2. The fraction of sp³-hybridized carbons (Fsp3) is 0.636. The van der Waals surface area contributed by atoms with Gasteiger partial charge in [-0.2, -0.15) is 4.31 Å². The molecule has 0 spiro atoms. The van der Waals surface area contributed by atoms with Crippen molar-refractivity contribution in [1.29, 1.82) is 0 Å². The number of carbonyl (C=O) groups is 1. The zero-order valence-corrected chi connectivity index (χ0v) is 12.9. The molecule has 1 aromatic rings. The second kappa shape index (κ2) is 6.17. The van der Waals surface area contributed by atoms with Gasteiger partial charge in [-0.15, -0.1) is 11.3 Å². The highest BCUT2D eigenvalue weighted by atomic mass is 32.2. The van der Waals surface area contributed by atoms with Gasteiger partial charge in [-0.05, 0) is 6.54 Å². The van der Waals surface area contributed by atoms with E-state index in [1.807, 2.05) is 0 Å². The molecule has 112 valence electrons. The summed E-state index contributed by atoms with van der Waals surface area (Å²) in [4.78, 5) is 18.1. The summed E-state index contributed by atoms with van der Waals surface area (Å²) in [7, 11) is -3.17. The molecule has 1 aromatic heterocycles. The van der Waals surface area contributed by atoms with Crippen LogP contribution >= 0.6 is 11.3 Å². The molecule has 1 saturated heterocycles. The molecule has 2 rings (SSSR count). The second-order valence-corrected chi connectivity index (χ2v) is 7.54. The Labute approximate surface area is 122 Å². The number of aromatic nitrogens is 1. The van der Waals surface area contributed by atoms with Crippen molar-refractivity contribution in [2.75, 3.05) is 39.0 Å². The van der Waals surface area contributed by atoms with Crippen molar-refractivity contribution >= 4 is 27.3 Å². The molecular weight excluding hydrogens is 300 g/mol. The van der Waals surface area contributed by atoms with Gasteiger partial charge in [0.05, 0.1) is 11.3 Å². The fourth-order valence-electron chi connectivity index (χ4n) is 2.03. The molecule has 0 unspecified atom stereocenters. The lowest BCUT2D eigenvalue weighted by Gasteiger charge is -2.32. The zero-order chi connectivity index (χ0) is 14.8. The van der Waals surface area contributed by atoms with Crippen molar-refractivity contribution in [2.24, 2.45) is 5.73 Å². The predicted molar refractivity (Wildman–Crippen MR) is 77.2 cm³/mol. The summed E-state index contributed by atoms with van der Waals surface area (Å²) in [5.41, 5.74) is 5.88. The second-order valence-electron chi connectivity index (χ2n) is 4.62. The zero-order valence-electron chi connectivity index (χ0n) is 11.3. The highest BCUT2D eigenvalue weighted by Crippen LogP contribution is 2.14. The van der Waals surface area contributed by atoms with E-state index < -0.39 is 10.0 Å². The number of piperazine rings is 1. The number of carbonyl (C=O) groups excluding carboxylic acids is 1. The average Bonchev–Trinajstić information content (AvgIpc) is 2.86. The number of nitrogens with two attached hydrogens (primary N) is 1. The van der Waals surface area contributed by atoms with Crippen LogP contribution in [0.15, 0.2) is 5.38 Å². The van der Waals surface area contributed by atoms with Crippen LogP contribution in [-0.4, -0.2) is 67.5 Å². The minimum absolute atomic E-state index is 0.141. The van der Waals surface area contributed by atoms with Crippen molar-refractivity contribution in [2.45, 2.75) is 6.42 Å². The molecule has 0 saturated carbocycles. The monoisotopic (exact) mass is 318 g/mol. The number of rotatable bonds is 4. The number of nitrogens with zero attached hydrogens (tertiary/aromatic N) is 3. The Morgan fingerprint density at radius 1 is 1.40 bits per heavy atom. The Morgan fingerprint density at radius 3 is 2.60 bits per heavy atom. The van der Waals surface area contributed by atoms with E-state index in [9.17, 15) is 13.2 Å². The van der Waals surface area contributed by atoms with E-state index >= 15 is 0 Å². The summed E-state index contributed by atoms with van der Waals surface area (Å²) in [6, 6.07) is 0. The third-order valence-corrected chi connectivity index (χ3v) is 5.34. The van der Waals surface area contributed by atoms with Crippen LogP contribution in [0.1, 0.15) is 15.5 Å². The molecule has 0 aliphatic carbocycles. The highest BCUT2D eigenvalue weighted by molar-refractivity contribution is 7.88. The van der Waals surface area contributed by atoms with E-state index in [1.165, 1.54) is 21.9 Å². The van der Waals surface area contributed by atoms with Gasteiger partial charge in [0.1, 0.15) is 5.69 Å². The standard InChI is InChI=1S/C11H18N4O3S2/c1-20(17,18)15-6-4-14(5-7-15)11(16)9-8-19-10(13-9)2-3-12/h8H,2-7,12H2,1H3. The summed E-state index contributed by atoms with van der Waals surface area (Å²) in [6.45, 7) is 1.98. The summed E-state index contributed by atoms with van der Waals surface area (Å²) in [5.74, 6) is -0.141. The molecule has 1 aliphatic rings. The normalized spacial score (nSPS) is 17.4. The van der Waals surface area contributed by atoms with Crippen molar-refractivity contribution in [3.05, 3.63) is 16.1 Å². The molecule has 2 N–H and O–H groups in total. The fourth-order valence-corrected chi connectivity index (χ4v) is 3.65. The maximum absolute atomic E-state index is 12.2. The topological polar surface area (TPSA) is 96.6 Å². The van der Waals surface area contributed by atoms with Gasteiger partial charge in [0, 0.05) is 38.0 Å². The maximum Gasteiger partial charge on any atom is 0.273 e. The number of sulfonamides is 1. The van der Waals surface area contributed by atoms with Crippen molar-refractivity contribution in [3.63, 3.8) is 0 Å². The molecule has 1 aliphatic heterocycles. The van der Waals surface area contributed by atoms with E-state index in [0.29, 0.717) is 44.8 Å². The molecule has 20 heavy (non-hydrogen) atoms. The first kappa shape index (κ1) is 15.4. The SMILES string of the molecule is CS(=O)(=O)N1CCN(C(=O)c2csc(CCN)n2)CC1. The van der Waals surface area contributed by atoms with Crippen LogP contribution in [-0.2, 0) is 16.4 Å². The van der Waals surface area contributed by atoms with Gasteiger partial charge >= 0.3 is 0 Å². The lowest BCUT2D eigenvalue weighted by molar-refractivity contribution is 0.0693. The molecule has 0 atom stereocenters. The van der Waals surface area contributed by atoms with Gasteiger partial charge in [-0.3, -0.25) is 4.79 Å². The van der Waals surface area contributed by atoms with E-state index in [-0.39, 0.29) is 5.91 Å². The minimum atomic E-state index is -3.17. The molecule has 7 nitrogen and oxygen atoms in total. The van der Waals surface area contributed by atoms with E-state index in [1.54, 1.807) is 10.3 Å². The lowest BCUT2D eigenvalue weighted by Crippen LogP contribution is -2.50. The molecule has 1 fully saturated rings. The van der Waals surface area contributed by atoms with E-state index in [2.05, 4.69) is 4.98 Å². The van der Waals surface area contributed by atoms with Gasteiger partial charge in [0.15, 0.2) is 0 Å². The number of hydrogen-bond donors (Lipinski definition) is 1. The Hall–Kier alpha value is -1.03. The average molecular weight is 318 g/mol. The van der Waals surface area contributed by atoms with Gasteiger partial charge in [-0.1, -0.05) is 0 Å². The van der Waals surface area contributed by atoms with Gasteiger partial charge in [0.25, 0.3) is 5.91 Å². The molecule has 2 heterocycles. The quantitative estimate of drug-likeness (QED) is 0.796. The largest absolute Gasteiger partial charge is 0.335 e. The molecular formula is C11H18N4O3S2. The Morgan fingerprint density at radius 2 is 2.05 bits per heavy atom. The third kappa shape index (κ3) is 3.54. The number of hydrogen-bond acceptors (Lipinski definition) is 6. The first-order valence-electron chi connectivity index (χ1n) is 6.30. The highest BCUT2D eigenvalue weighted by Gasteiger charge is 2.27. The van der Waals surface area contributed by atoms with E-state index in [0.717, 1.165) is 5.01 Å². The summed E-state index contributed by atoms with van der Waals surface area (Å²) >= 11 is 1.43. The summed E-state index contributed by atoms with van der Waals surface area (Å²) in [6.07, 6.45) is 1.85. The smallest absolute Gasteiger partial charge is 0.273 e. The molecule has 1 amide bonds. The molecule has 0 aromatic carbocycles. The predicted octanol–water partition coefficient (Wildman–Crippen LogP) is -0.638. The van der Waals surface area contributed by atoms with Crippen LogP contribution in [0, 0.1) is 0 Å². The lowest BCUT2D eigenvalue weighted by atomic mass is 10.3. The Bertz CT molecular complexity index is 576. The number of amides is 1.